The van der Waals surface area contributed by atoms with Crippen LogP contribution in [0.25, 0.3) is 11.3 Å². The molecular formula is C11H11ClN2. The lowest BCUT2D eigenvalue weighted by atomic mass is 10.1. The second-order valence-electron chi connectivity index (χ2n) is 3.25. The minimum atomic E-state index is 0.558. The Morgan fingerprint density at radius 2 is 2.00 bits per heavy atom. The SMILES string of the molecule is Cn1cnc(-c2ccc(CCl)cc2)c1. The number of alkyl halides is 1. The zero-order chi connectivity index (χ0) is 9.97. The lowest BCUT2D eigenvalue weighted by Crippen LogP contribution is -1.80. The van der Waals surface area contributed by atoms with Crippen LogP contribution in [0.5, 0.6) is 0 Å². The van der Waals surface area contributed by atoms with E-state index in [0.717, 1.165) is 16.8 Å². The van der Waals surface area contributed by atoms with Crippen molar-refractivity contribution in [1.82, 2.24) is 9.55 Å². The standard InChI is InChI=1S/C11H11ClN2/c1-14-7-11(13-8-14)10-4-2-9(6-12)3-5-10/h2-5,7-8H,6H2,1H3. The van der Waals surface area contributed by atoms with Gasteiger partial charge in [-0.3, -0.25) is 0 Å². The molecule has 1 aromatic heterocycles. The fourth-order valence-corrected chi connectivity index (χ4v) is 1.50. The second-order valence-corrected chi connectivity index (χ2v) is 3.52. The maximum absolute atomic E-state index is 5.71. The lowest BCUT2D eigenvalue weighted by molar-refractivity contribution is 0.913. The molecule has 2 rings (SSSR count). The van der Waals surface area contributed by atoms with Crippen molar-refractivity contribution in [1.29, 1.82) is 0 Å². The molecule has 0 bridgehead atoms. The molecule has 0 atom stereocenters. The van der Waals surface area contributed by atoms with E-state index in [0.29, 0.717) is 5.88 Å². The average Bonchev–Trinajstić information content (AvgIpc) is 2.65. The summed E-state index contributed by atoms with van der Waals surface area (Å²) in [5, 5.41) is 0. The fraction of sp³-hybridized carbons (Fsp3) is 0.182. The van der Waals surface area contributed by atoms with Gasteiger partial charge in [-0.25, -0.2) is 4.98 Å². The summed E-state index contributed by atoms with van der Waals surface area (Å²) in [4.78, 5) is 4.27. The van der Waals surface area contributed by atoms with Crippen LogP contribution in [0.3, 0.4) is 0 Å². The molecule has 1 aromatic carbocycles. The Hall–Kier alpha value is -1.28. The van der Waals surface area contributed by atoms with E-state index in [-0.39, 0.29) is 0 Å². The first kappa shape index (κ1) is 9.28. The molecule has 3 heteroatoms. The molecule has 1 heterocycles. The Kier molecular flexibility index (Phi) is 2.55. The van der Waals surface area contributed by atoms with E-state index in [1.807, 2.05) is 42.1 Å². The third-order valence-electron chi connectivity index (χ3n) is 2.11. The highest BCUT2D eigenvalue weighted by molar-refractivity contribution is 6.17. The van der Waals surface area contributed by atoms with Gasteiger partial charge in [0.15, 0.2) is 0 Å². The molecule has 0 fully saturated rings. The Morgan fingerprint density at radius 3 is 2.50 bits per heavy atom. The molecule has 0 unspecified atom stereocenters. The summed E-state index contributed by atoms with van der Waals surface area (Å²) in [6.45, 7) is 0. The first-order valence-corrected chi connectivity index (χ1v) is 4.96. The number of nitrogens with zero attached hydrogens (tertiary/aromatic N) is 2. The number of imidazole rings is 1. The predicted octanol–water partition coefficient (Wildman–Crippen LogP) is 2.83. The molecule has 0 radical (unpaired) electrons. The van der Waals surface area contributed by atoms with Gasteiger partial charge in [0, 0.05) is 24.7 Å². The molecule has 0 aliphatic heterocycles. The summed E-state index contributed by atoms with van der Waals surface area (Å²) >= 11 is 5.71. The molecule has 0 saturated carbocycles. The molecule has 72 valence electrons. The third-order valence-corrected chi connectivity index (χ3v) is 2.42. The summed E-state index contributed by atoms with van der Waals surface area (Å²) in [5.74, 6) is 0.558. The summed E-state index contributed by atoms with van der Waals surface area (Å²) in [6.07, 6.45) is 3.79. The smallest absolute Gasteiger partial charge is 0.0951 e. The van der Waals surface area contributed by atoms with Crippen molar-refractivity contribution in [3.05, 3.63) is 42.4 Å². The molecule has 0 aliphatic carbocycles. The minimum Gasteiger partial charge on any atom is -0.340 e. The van der Waals surface area contributed by atoms with Crippen molar-refractivity contribution in [2.45, 2.75) is 5.88 Å². The number of hydrogen-bond donors (Lipinski definition) is 0. The van der Waals surface area contributed by atoms with Crippen molar-refractivity contribution in [2.75, 3.05) is 0 Å². The van der Waals surface area contributed by atoms with Crippen LogP contribution >= 0.6 is 11.6 Å². The van der Waals surface area contributed by atoms with E-state index in [1.165, 1.54) is 0 Å². The molecule has 2 nitrogen and oxygen atoms in total. The number of benzene rings is 1. The number of aryl methyl sites for hydroxylation is 1. The molecule has 14 heavy (non-hydrogen) atoms. The number of aromatic nitrogens is 2. The van der Waals surface area contributed by atoms with Gasteiger partial charge in [0.05, 0.1) is 12.0 Å². The van der Waals surface area contributed by atoms with Crippen LogP contribution < -0.4 is 0 Å². The Labute approximate surface area is 88.2 Å². The van der Waals surface area contributed by atoms with Crippen LogP contribution in [0.4, 0.5) is 0 Å². The maximum Gasteiger partial charge on any atom is 0.0951 e. The van der Waals surface area contributed by atoms with Gasteiger partial charge in [-0.05, 0) is 5.56 Å². The van der Waals surface area contributed by atoms with Crippen LogP contribution in [-0.2, 0) is 12.9 Å². The number of rotatable bonds is 2. The van der Waals surface area contributed by atoms with Gasteiger partial charge in [0.25, 0.3) is 0 Å². The van der Waals surface area contributed by atoms with E-state index in [2.05, 4.69) is 4.98 Å². The van der Waals surface area contributed by atoms with Crippen LogP contribution in [0, 0.1) is 0 Å². The van der Waals surface area contributed by atoms with Gasteiger partial charge in [-0.1, -0.05) is 24.3 Å². The summed E-state index contributed by atoms with van der Waals surface area (Å²) in [7, 11) is 1.96. The van der Waals surface area contributed by atoms with Gasteiger partial charge in [-0.2, -0.15) is 0 Å². The summed E-state index contributed by atoms with van der Waals surface area (Å²) in [6, 6.07) is 8.13. The number of hydrogen-bond acceptors (Lipinski definition) is 1. The van der Waals surface area contributed by atoms with Crippen molar-refractivity contribution in [3.63, 3.8) is 0 Å². The van der Waals surface area contributed by atoms with Gasteiger partial charge < -0.3 is 4.57 Å². The number of halogens is 1. The zero-order valence-corrected chi connectivity index (χ0v) is 8.70. The molecule has 0 saturated heterocycles. The Bertz CT molecular complexity index is 417. The molecule has 0 spiro atoms. The lowest BCUT2D eigenvalue weighted by Gasteiger charge is -1.98. The van der Waals surface area contributed by atoms with Crippen molar-refractivity contribution < 1.29 is 0 Å². The van der Waals surface area contributed by atoms with Crippen molar-refractivity contribution >= 4 is 11.6 Å². The Morgan fingerprint density at radius 1 is 1.29 bits per heavy atom. The van der Waals surface area contributed by atoms with Gasteiger partial charge in [-0.15, -0.1) is 11.6 Å². The monoisotopic (exact) mass is 206 g/mol. The van der Waals surface area contributed by atoms with Crippen LogP contribution in [0.15, 0.2) is 36.8 Å². The zero-order valence-electron chi connectivity index (χ0n) is 7.94. The van der Waals surface area contributed by atoms with E-state index in [1.54, 1.807) is 6.33 Å². The van der Waals surface area contributed by atoms with Crippen LogP contribution in [0.1, 0.15) is 5.56 Å². The summed E-state index contributed by atoms with van der Waals surface area (Å²) < 4.78 is 1.94. The topological polar surface area (TPSA) is 17.8 Å². The molecule has 0 N–H and O–H groups in total. The van der Waals surface area contributed by atoms with Crippen LogP contribution in [-0.4, -0.2) is 9.55 Å². The third kappa shape index (κ3) is 1.80. The molecule has 0 amide bonds. The molecule has 2 aromatic rings. The molecular weight excluding hydrogens is 196 g/mol. The predicted molar refractivity (Wildman–Crippen MR) is 58.2 cm³/mol. The Balaban J connectivity index is 2.33. The second kappa shape index (κ2) is 3.84. The van der Waals surface area contributed by atoms with Crippen molar-refractivity contribution in [2.24, 2.45) is 7.05 Å². The van der Waals surface area contributed by atoms with E-state index < -0.39 is 0 Å². The first-order chi connectivity index (χ1) is 6.79. The highest BCUT2D eigenvalue weighted by Gasteiger charge is 1.99. The van der Waals surface area contributed by atoms with Gasteiger partial charge in [0.2, 0.25) is 0 Å². The molecule has 0 aliphatic rings. The van der Waals surface area contributed by atoms with E-state index in [4.69, 9.17) is 11.6 Å². The maximum atomic E-state index is 5.71. The van der Waals surface area contributed by atoms with E-state index in [9.17, 15) is 0 Å². The minimum absolute atomic E-state index is 0.558. The highest BCUT2D eigenvalue weighted by atomic mass is 35.5. The first-order valence-electron chi connectivity index (χ1n) is 4.43. The van der Waals surface area contributed by atoms with E-state index >= 15 is 0 Å². The highest BCUT2D eigenvalue weighted by Crippen LogP contribution is 2.17. The van der Waals surface area contributed by atoms with Gasteiger partial charge >= 0.3 is 0 Å². The van der Waals surface area contributed by atoms with Gasteiger partial charge in [0.1, 0.15) is 0 Å². The van der Waals surface area contributed by atoms with Crippen molar-refractivity contribution in [3.8, 4) is 11.3 Å². The normalized spacial score (nSPS) is 10.4. The average molecular weight is 207 g/mol. The van der Waals surface area contributed by atoms with Crippen LogP contribution in [0.2, 0.25) is 0 Å². The largest absolute Gasteiger partial charge is 0.340 e. The summed E-state index contributed by atoms with van der Waals surface area (Å²) in [5.41, 5.74) is 3.25. The quantitative estimate of drug-likeness (QED) is 0.691. The fourth-order valence-electron chi connectivity index (χ4n) is 1.33.